The number of hydrogen-bond acceptors (Lipinski definition) is 2. The van der Waals surface area contributed by atoms with Gasteiger partial charge in [0.15, 0.2) is 0 Å². The quantitative estimate of drug-likeness (QED) is 0.757. The number of carbonyl (C=O) groups excluding carboxylic acids is 1. The van der Waals surface area contributed by atoms with Crippen molar-refractivity contribution >= 4 is 16.9 Å². The molecule has 3 aromatic rings. The second-order valence-corrected chi connectivity index (χ2v) is 4.94. The van der Waals surface area contributed by atoms with Gasteiger partial charge in [-0.3, -0.25) is 9.89 Å². The smallest absolute Gasteiger partial charge is 0.332 e. The first-order valence-electron chi connectivity index (χ1n) is 6.68. The Morgan fingerprint density at radius 1 is 1.14 bits per heavy atom. The fraction of sp³-hybridized carbons (Fsp3) is 0.125. The van der Waals surface area contributed by atoms with Gasteiger partial charge in [-0.2, -0.15) is 4.68 Å². The lowest BCUT2D eigenvalue weighted by Crippen LogP contribution is -2.35. The Kier molecular flexibility index (Phi) is 3.31. The molecule has 5 heteroatoms. The van der Waals surface area contributed by atoms with Crippen molar-refractivity contribution in [2.24, 2.45) is 0 Å². The summed E-state index contributed by atoms with van der Waals surface area (Å²) in [6.07, 6.45) is 0. The van der Waals surface area contributed by atoms with Crippen LogP contribution < -0.4 is 10.9 Å². The van der Waals surface area contributed by atoms with Crippen LogP contribution in [0, 0.1) is 6.92 Å². The zero-order chi connectivity index (χ0) is 14.8. The zero-order valence-corrected chi connectivity index (χ0v) is 11.6. The van der Waals surface area contributed by atoms with E-state index in [9.17, 15) is 9.59 Å². The first-order valence-corrected chi connectivity index (χ1v) is 6.68. The van der Waals surface area contributed by atoms with E-state index >= 15 is 0 Å². The van der Waals surface area contributed by atoms with Gasteiger partial charge in [-0.15, -0.1) is 0 Å². The van der Waals surface area contributed by atoms with Crippen LogP contribution in [0.15, 0.2) is 53.3 Å². The molecule has 2 aromatic carbocycles. The highest BCUT2D eigenvalue weighted by molar-refractivity contribution is 5.84. The van der Waals surface area contributed by atoms with Crippen molar-refractivity contribution in [3.8, 4) is 0 Å². The van der Waals surface area contributed by atoms with E-state index in [-0.39, 0.29) is 5.56 Å². The molecule has 0 aliphatic carbocycles. The van der Waals surface area contributed by atoms with E-state index in [0.717, 1.165) is 15.8 Å². The molecule has 21 heavy (non-hydrogen) atoms. The van der Waals surface area contributed by atoms with Crippen molar-refractivity contribution in [1.82, 2.24) is 15.1 Å². The molecule has 0 radical (unpaired) electrons. The van der Waals surface area contributed by atoms with Crippen molar-refractivity contribution < 1.29 is 4.79 Å². The molecular formula is C16H15N3O2. The van der Waals surface area contributed by atoms with Crippen LogP contribution in [0.5, 0.6) is 0 Å². The Hall–Kier alpha value is -2.82. The molecule has 0 bridgehead atoms. The molecular weight excluding hydrogens is 266 g/mol. The molecule has 1 amide bonds. The first kappa shape index (κ1) is 13.2. The van der Waals surface area contributed by atoms with Crippen LogP contribution in [0.25, 0.3) is 10.9 Å². The summed E-state index contributed by atoms with van der Waals surface area (Å²) in [6.45, 7) is 2.38. The third-order valence-electron chi connectivity index (χ3n) is 3.36. The van der Waals surface area contributed by atoms with E-state index in [1.165, 1.54) is 0 Å². The molecule has 0 saturated carbocycles. The molecule has 0 unspecified atom stereocenters. The van der Waals surface area contributed by atoms with Gasteiger partial charge in [-0.05, 0) is 24.6 Å². The summed E-state index contributed by atoms with van der Waals surface area (Å²) in [4.78, 5) is 24.2. The summed E-state index contributed by atoms with van der Waals surface area (Å²) >= 11 is 0. The standard InChI is InChI=1S/C16H15N3O2/c1-11-6-8-12(9-7-11)10-17-16(21)19-15(20)13-4-2-3-5-14(13)18-19/h2-9,18H,10H2,1H3,(H,17,21). The van der Waals surface area contributed by atoms with Crippen LogP contribution in [-0.2, 0) is 6.54 Å². The minimum absolute atomic E-state index is 0.341. The second-order valence-electron chi connectivity index (χ2n) is 4.94. The summed E-state index contributed by atoms with van der Waals surface area (Å²) in [6, 6.07) is 14.4. The molecule has 0 saturated heterocycles. The van der Waals surface area contributed by atoms with E-state index in [1.54, 1.807) is 18.2 Å². The molecule has 2 N–H and O–H groups in total. The average molecular weight is 281 g/mol. The summed E-state index contributed by atoms with van der Waals surface area (Å²) in [7, 11) is 0. The topological polar surface area (TPSA) is 66.9 Å². The number of aromatic amines is 1. The number of amides is 1. The van der Waals surface area contributed by atoms with Gasteiger partial charge in [0.1, 0.15) is 0 Å². The number of benzene rings is 2. The van der Waals surface area contributed by atoms with Crippen molar-refractivity contribution in [2.45, 2.75) is 13.5 Å². The number of rotatable bonds is 2. The number of aryl methyl sites for hydroxylation is 1. The number of hydrogen-bond donors (Lipinski definition) is 2. The summed E-state index contributed by atoms with van der Waals surface area (Å²) in [5, 5.41) is 6.03. The van der Waals surface area contributed by atoms with E-state index < -0.39 is 6.03 Å². The van der Waals surface area contributed by atoms with Gasteiger partial charge in [0.2, 0.25) is 0 Å². The predicted octanol–water partition coefficient (Wildman–Crippen LogP) is 2.40. The van der Waals surface area contributed by atoms with Gasteiger partial charge in [-0.1, -0.05) is 42.0 Å². The van der Waals surface area contributed by atoms with Crippen molar-refractivity contribution in [3.63, 3.8) is 0 Å². The minimum atomic E-state index is -0.461. The third kappa shape index (κ3) is 2.58. The first-order chi connectivity index (χ1) is 10.1. The monoisotopic (exact) mass is 281 g/mol. The number of nitrogens with one attached hydrogen (secondary N) is 2. The van der Waals surface area contributed by atoms with Crippen LogP contribution in [0.1, 0.15) is 11.1 Å². The number of carbonyl (C=O) groups is 1. The van der Waals surface area contributed by atoms with Gasteiger partial charge in [0.05, 0.1) is 10.9 Å². The summed E-state index contributed by atoms with van der Waals surface area (Å²) in [5.41, 5.74) is 2.45. The van der Waals surface area contributed by atoms with Crippen LogP contribution in [0.4, 0.5) is 4.79 Å². The Bertz CT molecular complexity index is 844. The minimum Gasteiger partial charge on any atom is -0.332 e. The van der Waals surface area contributed by atoms with Gasteiger partial charge in [-0.25, -0.2) is 4.79 Å². The molecule has 1 aromatic heterocycles. The largest absolute Gasteiger partial charge is 0.343 e. The number of aromatic nitrogens is 2. The van der Waals surface area contributed by atoms with Crippen molar-refractivity contribution in [1.29, 1.82) is 0 Å². The lowest BCUT2D eigenvalue weighted by Gasteiger charge is -2.05. The van der Waals surface area contributed by atoms with Gasteiger partial charge >= 0.3 is 6.03 Å². The van der Waals surface area contributed by atoms with Gasteiger partial charge in [0, 0.05) is 6.54 Å². The molecule has 0 atom stereocenters. The van der Waals surface area contributed by atoms with E-state index in [0.29, 0.717) is 17.4 Å². The van der Waals surface area contributed by atoms with Crippen molar-refractivity contribution in [3.05, 3.63) is 70.0 Å². The Morgan fingerprint density at radius 3 is 2.57 bits per heavy atom. The fourth-order valence-electron chi connectivity index (χ4n) is 2.16. The highest BCUT2D eigenvalue weighted by Crippen LogP contribution is 2.06. The third-order valence-corrected chi connectivity index (χ3v) is 3.36. The lowest BCUT2D eigenvalue weighted by atomic mass is 10.1. The van der Waals surface area contributed by atoms with Crippen LogP contribution >= 0.6 is 0 Å². The molecule has 0 spiro atoms. The average Bonchev–Trinajstić information content (AvgIpc) is 2.84. The summed E-state index contributed by atoms with van der Waals surface area (Å²) < 4.78 is 0.999. The maximum absolute atomic E-state index is 12.1. The number of para-hydroxylation sites is 1. The van der Waals surface area contributed by atoms with E-state index in [1.807, 2.05) is 37.3 Å². The number of fused-ring (bicyclic) bond motifs is 1. The maximum Gasteiger partial charge on any atom is 0.343 e. The fourth-order valence-corrected chi connectivity index (χ4v) is 2.16. The predicted molar refractivity (Wildman–Crippen MR) is 81.4 cm³/mol. The molecule has 0 fully saturated rings. The summed E-state index contributed by atoms with van der Waals surface area (Å²) in [5.74, 6) is 0. The molecule has 0 aliphatic heterocycles. The maximum atomic E-state index is 12.1. The molecule has 106 valence electrons. The molecule has 0 aliphatic rings. The van der Waals surface area contributed by atoms with E-state index in [4.69, 9.17) is 0 Å². The number of H-pyrrole nitrogens is 1. The molecule has 3 rings (SSSR count). The van der Waals surface area contributed by atoms with E-state index in [2.05, 4.69) is 10.4 Å². The van der Waals surface area contributed by atoms with Crippen LogP contribution in [-0.4, -0.2) is 15.8 Å². The highest BCUT2D eigenvalue weighted by atomic mass is 16.2. The van der Waals surface area contributed by atoms with Crippen LogP contribution in [0.2, 0.25) is 0 Å². The van der Waals surface area contributed by atoms with Crippen LogP contribution in [0.3, 0.4) is 0 Å². The molecule has 1 heterocycles. The zero-order valence-electron chi connectivity index (χ0n) is 11.6. The number of nitrogens with zero attached hydrogens (tertiary/aromatic N) is 1. The molecule has 5 nitrogen and oxygen atoms in total. The van der Waals surface area contributed by atoms with Gasteiger partial charge < -0.3 is 5.32 Å². The Balaban J connectivity index is 1.79. The SMILES string of the molecule is Cc1ccc(CNC(=O)n2[nH]c3ccccc3c2=O)cc1. The van der Waals surface area contributed by atoms with Crippen molar-refractivity contribution in [2.75, 3.05) is 0 Å². The normalized spacial score (nSPS) is 10.7. The van der Waals surface area contributed by atoms with Gasteiger partial charge in [0.25, 0.3) is 5.56 Å². The lowest BCUT2D eigenvalue weighted by molar-refractivity contribution is 0.238. The highest BCUT2D eigenvalue weighted by Gasteiger charge is 2.11. The Morgan fingerprint density at radius 2 is 1.86 bits per heavy atom. The second kappa shape index (κ2) is 5.28. The Labute approximate surface area is 121 Å².